The average Bonchev–Trinajstić information content (AvgIpc) is 3.56. The van der Waals surface area contributed by atoms with Crippen molar-refractivity contribution in [2.75, 3.05) is 47.6 Å². The number of hydrogen-bond donors (Lipinski definition) is 2. The zero-order valence-corrected chi connectivity index (χ0v) is 31.9. The summed E-state index contributed by atoms with van der Waals surface area (Å²) in [6.45, 7) is 12.0. The van der Waals surface area contributed by atoms with Gasteiger partial charge >= 0.3 is 5.69 Å². The van der Waals surface area contributed by atoms with E-state index in [4.69, 9.17) is 35.6 Å². The Morgan fingerprint density at radius 3 is 1.87 bits per heavy atom. The molecule has 0 saturated carbocycles. The minimum atomic E-state index is -3.97. The van der Waals surface area contributed by atoms with E-state index in [-0.39, 0.29) is 13.0 Å². The van der Waals surface area contributed by atoms with E-state index in [1.54, 1.807) is 26.0 Å². The number of quaternary nitrogens is 1. The molecule has 3 radical (unpaired) electrons. The lowest BCUT2D eigenvalue weighted by Crippen LogP contribution is -3.11. The third kappa shape index (κ3) is 9.79. The first-order chi connectivity index (χ1) is 24.9. The summed E-state index contributed by atoms with van der Waals surface area (Å²) in [6.07, 6.45) is -1.15. The fourth-order valence-corrected chi connectivity index (χ4v) is 6.88. The summed E-state index contributed by atoms with van der Waals surface area (Å²) in [5.41, 5.74) is 0.388. The number of H-pyrrole nitrogens is 1. The molecule has 1 unspecified atom stereocenters. The highest BCUT2D eigenvalue weighted by Crippen LogP contribution is 2.51. The van der Waals surface area contributed by atoms with Gasteiger partial charge in [-0.3, -0.25) is 23.4 Å². The molecule has 2 N–H and O–H groups in total. The van der Waals surface area contributed by atoms with Crippen molar-refractivity contribution in [3.63, 3.8) is 0 Å². The lowest BCUT2D eigenvalue weighted by Gasteiger charge is -2.40. The lowest BCUT2D eigenvalue weighted by molar-refractivity contribution is -0.894. The van der Waals surface area contributed by atoms with Crippen molar-refractivity contribution >= 4 is 15.4 Å². The summed E-state index contributed by atoms with van der Waals surface area (Å²) in [6, 6.07) is 24.8. The van der Waals surface area contributed by atoms with Gasteiger partial charge in [-0.15, -0.1) is 0 Å². The number of nitrogens with one attached hydrogen (secondary N) is 2. The number of methoxy groups -OCH3 is 2. The number of benzene rings is 3. The highest BCUT2D eigenvalue weighted by molar-refractivity contribution is 7.83. The van der Waals surface area contributed by atoms with E-state index in [1.165, 1.54) is 37.5 Å². The van der Waals surface area contributed by atoms with Crippen molar-refractivity contribution in [2.24, 2.45) is 0 Å². The van der Waals surface area contributed by atoms with Crippen LogP contribution in [0.3, 0.4) is 0 Å². The summed E-state index contributed by atoms with van der Waals surface area (Å²) in [5.74, 6) is 1.34. The van der Waals surface area contributed by atoms with Crippen LogP contribution in [0.5, 0.6) is 11.5 Å². The SMILES string of the molecule is CC[NH+](CC)CC.[B-][P+]([O-])(OC)O[C@H]1C[C@H](n2cc(C)c(=O)[nH]c2=O)O[C@@H]1COC(c1ccccc1)(c1ccc(OC)cc1)c1ccc(OC)cc1. The molecule has 1 aromatic heterocycles. The summed E-state index contributed by atoms with van der Waals surface area (Å²) >= 11 is 0. The highest BCUT2D eigenvalue weighted by atomic mass is 31.2. The standard InChI is InChI=1S/C32H34BN2O9P.C6H15N/c1-21-19-35(31(37)34-30(21)36)29-18-27(44-45(33,38)41-4)28(43-29)20-42-32(22-8-6-5-7-9-22,23-10-14-25(39-2)15-11-23)24-12-16-26(40-3)17-13-24;1-4-7(5-2)6-3/h5-17,19,27-29H,18,20H2,1-4H3,(H,34,36,37);4-6H2,1-3H3/q-1;/p+1/t27-,28+,29+,45?;/m0./s1. The molecule has 0 bridgehead atoms. The van der Waals surface area contributed by atoms with E-state index in [1.807, 2.05) is 78.9 Å². The second-order valence-corrected chi connectivity index (χ2v) is 14.0. The van der Waals surface area contributed by atoms with Gasteiger partial charge in [-0.1, -0.05) is 54.6 Å². The van der Waals surface area contributed by atoms with Crippen molar-refractivity contribution in [1.82, 2.24) is 9.55 Å². The minimum Gasteiger partial charge on any atom is -0.675 e. The molecule has 1 saturated heterocycles. The van der Waals surface area contributed by atoms with E-state index in [9.17, 15) is 14.5 Å². The maximum absolute atomic E-state index is 12.8. The van der Waals surface area contributed by atoms with E-state index >= 15 is 0 Å². The first kappa shape index (κ1) is 41.0. The fourth-order valence-electron chi connectivity index (χ4n) is 6.20. The molecule has 4 aromatic rings. The normalized spacial score (nSPS) is 18.4. The monoisotopic (exact) mass is 734 g/mol. The van der Waals surface area contributed by atoms with Crippen LogP contribution in [-0.4, -0.2) is 76.9 Å². The molecule has 279 valence electrons. The molecule has 0 amide bonds. The van der Waals surface area contributed by atoms with Crippen molar-refractivity contribution < 1.29 is 37.8 Å². The molecule has 0 aliphatic carbocycles. The minimum absolute atomic E-state index is 0.0768. The van der Waals surface area contributed by atoms with Crippen molar-refractivity contribution in [1.29, 1.82) is 0 Å². The van der Waals surface area contributed by atoms with Crippen LogP contribution < -0.4 is 30.5 Å². The second kappa shape index (κ2) is 18.8. The highest BCUT2D eigenvalue weighted by Gasteiger charge is 2.44. The molecule has 2 heterocycles. The Bertz CT molecular complexity index is 1750. The van der Waals surface area contributed by atoms with Crippen LogP contribution in [0.25, 0.3) is 0 Å². The van der Waals surface area contributed by atoms with Crippen LogP contribution in [0.4, 0.5) is 0 Å². The lowest BCUT2D eigenvalue weighted by atomic mass is 9.80. The maximum Gasteiger partial charge on any atom is 0.330 e. The van der Waals surface area contributed by atoms with Crippen LogP contribution >= 0.6 is 7.82 Å². The van der Waals surface area contributed by atoms with Gasteiger partial charge < -0.3 is 28.7 Å². The zero-order chi connectivity index (χ0) is 37.9. The summed E-state index contributed by atoms with van der Waals surface area (Å²) < 4.78 is 36.0. The van der Waals surface area contributed by atoms with Gasteiger partial charge in [0.15, 0.2) is 0 Å². The summed E-state index contributed by atoms with van der Waals surface area (Å²) in [5, 5.41) is 0. The van der Waals surface area contributed by atoms with E-state index < -0.39 is 43.1 Å². The number of aromatic amines is 1. The third-order valence-corrected chi connectivity index (χ3v) is 10.4. The number of aryl methyl sites for hydroxylation is 1. The molecule has 3 aromatic carbocycles. The van der Waals surface area contributed by atoms with E-state index in [0.717, 1.165) is 16.7 Å². The first-order valence-electron chi connectivity index (χ1n) is 17.4. The van der Waals surface area contributed by atoms with Gasteiger partial charge in [-0.25, -0.2) is 12.4 Å². The number of nitrogens with zero attached hydrogens (tertiary/aromatic N) is 1. The smallest absolute Gasteiger partial charge is 0.330 e. The van der Waals surface area contributed by atoms with Crippen LogP contribution in [0.1, 0.15) is 55.7 Å². The fraction of sp³-hybridized carbons (Fsp3) is 0.421. The van der Waals surface area contributed by atoms with Crippen LogP contribution in [0, 0.1) is 6.92 Å². The molecule has 0 spiro atoms. The van der Waals surface area contributed by atoms with Crippen LogP contribution in [0.2, 0.25) is 0 Å². The topological polar surface area (TPSA) is 138 Å². The summed E-state index contributed by atoms with van der Waals surface area (Å²) in [7, 11) is 6.20. The van der Waals surface area contributed by atoms with Gasteiger partial charge in [-0.05, 0) is 76.5 Å². The molecule has 5 rings (SSSR count). The molecule has 1 aliphatic heterocycles. The molecule has 14 heteroatoms. The van der Waals surface area contributed by atoms with Crippen LogP contribution in [-0.2, 0) is 24.1 Å². The maximum atomic E-state index is 12.8. The average molecular weight is 735 g/mol. The zero-order valence-electron chi connectivity index (χ0n) is 31.0. The predicted molar refractivity (Wildman–Crippen MR) is 200 cm³/mol. The number of aromatic nitrogens is 2. The first-order valence-corrected chi connectivity index (χ1v) is 19.0. The predicted octanol–water partition coefficient (Wildman–Crippen LogP) is 3.33. The molecular formula is C38H50BN3O9P. The Balaban J connectivity index is 0.000000785. The molecular weight excluding hydrogens is 684 g/mol. The van der Waals surface area contributed by atoms with Crippen molar-refractivity contribution in [3.05, 3.63) is 128 Å². The Morgan fingerprint density at radius 2 is 1.40 bits per heavy atom. The largest absolute Gasteiger partial charge is 0.675 e. The number of rotatable bonds is 15. The van der Waals surface area contributed by atoms with E-state index in [2.05, 4.69) is 25.8 Å². The third-order valence-electron chi connectivity index (χ3n) is 9.31. The Labute approximate surface area is 307 Å². The van der Waals surface area contributed by atoms with Gasteiger partial charge in [0.2, 0.25) is 0 Å². The van der Waals surface area contributed by atoms with Gasteiger partial charge in [0, 0.05) is 18.2 Å². The molecule has 1 fully saturated rings. The Hall–Kier alpha value is -3.81. The van der Waals surface area contributed by atoms with Gasteiger partial charge in [0.1, 0.15) is 35.5 Å². The van der Waals surface area contributed by atoms with Crippen molar-refractivity contribution in [2.45, 2.75) is 58.2 Å². The number of hydrogen-bond acceptors (Lipinski definition) is 9. The van der Waals surface area contributed by atoms with Crippen molar-refractivity contribution in [3.8, 4) is 11.5 Å². The van der Waals surface area contributed by atoms with Gasteiger partial charge in [0.05, 0.1) is 47.6 Å². The molecule has 1 aliphatic rings. The van der Waals surface area contributed by atoms with Gasteiger partial charge in [-0.2, -0.15) is 0 Å². The Kier molecular flexibility index (Phi) is 14.8. The van der Waals surface area contributed by atoms with Gasteiger partial charge in [0.25, 0.3) is 5.56 Å². The second-order valence-electron chi connectivity index (χ2n) is 12.3. The molecule has 52 heavy (non-hydrogen) atoms. The molecule has 4 atom stereocenters. The summed E-state index contributed by atoms with van der Waals surface area (Å²) in [4.78, 5) is 41.5. The molecule has 12 nitrogen and oxygen atoms in total. The number of ether oxygens (including phenoxy) is 4. The quantitative estimate of drug-likeness (QED) is 0.107. The van der Waals surface area contributed by atoms with Crippen LogP contribution in [0.15, 0.2) is 94.6 Å². The van der Waals surface area contributed by atoms with E-state index in [0.29, 0.717) is 17.1 Å². The Morgan fingerprint density at radius 1 is 0.885 bits per heavy atom.